The molecule has 1 amide bonds. The smallest absolute Gasteiger partial charge is 0.459 e. The molecule has 4 rings (SSSR count). The van der Waals surface area contributed by atoms with E-state index in [0.29, 0.717) is 27.7 Å². The summed E-state index contributed by atoms with van der Waals surface area (Å²) in [6.45, 7) is 1.96. The van der Waals surface area contributed by atoms with Gasteiger partial charge in [-0.3, -0.25) is 4.79 Å². The van der Waals surface area contributed by atoms with Crippen molar-refractivity contribution in [3.8, 4) is 0 Å². The Bertz CT molecular complexity index is 1140. The van der Waals surface area contributed by atoms with Gasteiger partial charge in [-0.2, -0.15) is 0 Å². The third-order valence-corrected chi connectivity index (χ3v) is 5.43. The minimum Gasteiger partial charge on any atom is -0.459 e. The lowest BCUT2D eigenvalue weighted by Gasteiger charge is -2.19. The fraction of sp³-hybridized carbons (Fsp3) is 0.167. The fourth-order valence-corrected chi connectivity index (χ4v) is 3.70. The molecule has 3 aromatic rings. The molecule has 6 nitrogen and oxygen atoms in total. The summed E-state index contributed by atoms with van der Waals surface area (Å²) in [5, 5.41) is 12.8. The van der Waals surface area contributed by atoms with E-state index in [4.69, 9.17) is 9.39 Å². The number of fused-ring (bicyclic) bond motifs is 1. The van der Waals surface area contributed by atoms with E-state index >= 15 is 0 Å². The number of carbonyl (C=O) groups is 2. The van der Waals surface area contributed by atoms with E-state index < -0.39 is 25.0 Å². The van der Waals surface area contributed by atoms with Gasteiger partial charge in [-0.05, 0) is 52.8 Å². The summed E-state index contributed by atoms with van der Waals surface area (Å²) >= 11 is 0. The largest absolute Gasteiger partial charge is 0.492 e. The molecule has 1 heterocycles. The third-order valence-electron chi connectivity index (χ3n) is 5.43. The SMILES string of the molecule is Cc1c(C(=O)N[C@H](C(=O)OCc2ccc(F)cc2)c2ccccc2)ccc2c1B(O)OC2. The molecule has 1 aliphatic heterocycles. The molecule has 32 heavy (non-hydrogen) atoms. The molecule has 162 valence electrons. The van der Waals surface area contributed by atoms with Gasteiger partial charge in [-0.25, -0.2) is 9.18 Å². The molecular weight excluding hydrogens is 412 g/mol. The highest BCUT2D eigenvalue weighted by Gasteiger charge is 2.32. The summed E-state index contributed by atoms with van der Waals surface area (Å²) in [7, 11) is -1.08. The molecule has 1 aliphatic rings. The first-order valence-corrected chi connectivity index (χ1v) is 10.1. The van der Waals surface area contributed by atoms with Crippen molar-refractivity contribution in [1.82, 2.24) is 5.32 Å². The number of halogens is 1. The Morgan fingerprint density at radius 3 is 2.56 bits per heavy atom. The monoisotopic (exact) mass is 433 g/mol. The number of rotatable bonds is 6. The molecule has 0 bridgehead atoms. The minimum absolute atomic E-state index is 0.0558. The first-order chi connectivity index (χ1) is 15.4. The van der Waals surface area contributed by atoms with E-state index in [9.17, 15) is 19.0 Å². The van der Waals surface area contributed by atoms with Crippen molar-refractivity contribution in [1.29, 1.82) is 0 Å². The molecule has 1 atom stereocenters. The molecule has 0 aromatic heterocycles. The second-order valence-corrected chi connectivity index (χ2v) is 7.53. The maximum atomic E-state index is 13.1. The zero-order chi connectivity index (χ0) is 22.7. The van der Waals surface area contributed by atoms with Gasteiger partial charge in [0.05, 0.1) is 6.61 Å². The van der Waals surface area contributed by atoms with Crippen LogP contribution in [0.3, 0.4) is 0 Å². The summed E-state index contributed by atoms with van der Waals surface area (Å²) in [6, 6.07) is 16.7. The first-order valence-electron chi connectivity index (χ1n) is 10.1. The normalized spacial score (nSPS) is 13.4. The summed E-state index contributed by atoms with van der Waals surface area (Å²) in [6.07, 6.45) is 0. The number of esters is 1. The Morgan fingerprint density at radius 1 is 1.12 bits per heavy atom. The predicted molar refractivity (Wildman–Crippen MR) is 116 cm³/mol. The lowest BCUT2D eigenvalue weighted by Crippen LogP contribution is -2.37. The molecule has 2 N–H and O–H groups in total. The van der Waals surface area contributed by atoms with Crippen LogP contribution in [0, 0.1) is 12.7 Å². The molecule has 0 fully saturated rings. The molecule has 0 unspecified atom stereocenters. The number of amides is 1. The van der Waals surface area contributed by atoms with Crippen LogP contribution in [0.25, 0.3) is 0 Å². The molecule has 8 heteroatoms. The van der Waals surface area contributed by atoms with E-state index in [-0.39, 0.29) is 19.0 Å². The van der Waals surface area contributed by atoms with E-state index in [1.165, 1.54) is 24.3 Å². The Balaban J connectivity index is 1.55. The van der Waals surface area contributed by atoms with E-state index in [1.807, 2.05) is 0 Å². The van der Waals surface area contributed by atoms with Crippen LogP contribution in [0.5, 0.6) is 0 Å². The second kappa shape index (κ2) is 9.34. The van der Waals surface area contributed by atoms with Crippen LogP contribution in [-0.2, 0) is 27.4 Å². The standard InChI is InChI=1S/C24H21BFNO5/c1-15-20(12-9-18-14-32-25(30)21(15)18)23(28)27-22(17-5-3-2-4-6-17)24(29)31-13-16-7-10-19(26)11-8-16/h2-12,22,30H,13-14H2,1H3,(H,27,28)/t22-/m0/s1. The highest BCUT2D eigenvalue weighted by Crippen LogP contribution is 2.20. The topological polar surface area (TPSA) is 84.9 Å². The molecule has 0 aliphatic carbocycles. The summed E-state index contributed by atoms with van der Waals surface area (Å²) in [5.74, 6) is -1.50. The van der Waals surface area contributed by atoms with Gasteiger partial charge in [0.2, 0.25) is 0 Å². The summed E-state index contributed by atoms with van der Waals surface area (Å²) in [4.78, 5) is 26.0. The van der Waals surface area contributed by atoms with E-state index in [2.05, 4.69) is 5.32 Å². The van der Waals surface area contributed by atoms with Gasteiger partial charge in [0.25, 0.3) is 5.91 Å². The van der Waals surface area contributed by atoms with Crippen LogP contribution < -0.4 is 10.8 Å². The van der Waals surface area contributed by atoms with Crippen LogP contribution in [0.15, 0.2) is 66.7 Å². The lowest BCUT2D eigenvalue weighted by molar-refractivity contribution is -0.147. The van der Waals surface area contributed by atoms with Crippen molar-refractivity contribution >= 4 is 24.5 Å². The van der Waals surface area contributed by atoms with Crippen molar-refractivity contribution in [2.45, 2.75) is 26.2 Å². The Labute approximate surface area is 185 Å². The molecule has 0 spiro atoms. The average molecular weight is 433 g/mol. The number of benzene rings is 3. The highest BCUT2D eigenvalue weighted by atomic mass is 19.1. The second-order valence-electron chi connectivity index (χ2n) is 7.53. The number of carbonyl (C=O) groups excluding carboxylic acids is 2. The van der Waals surface area contributed by atoms with E-state index in [1.54, 1.807) is 49.4 Å². The van der Waals surface area contributed by atoms with Gasteiger partial charge in [-0.1, -0.05) is 48.5 Å². The lowest BCUT2D eigenvalue weighted by atomic mass is 9.75. The fourth-order valence-electron chi connectivity index (χ4n) is 3.70. The highest BCUT2D eigenvalue weighted by molar-refractivity contribution is 6.62. The maximum Gasteiger partial charge on any atom is 0.492 e. The van der Waals surface area contributed by atoms with Crippen LogP contribution >= 0.6 is 0 Å². The van der Waals surface area contributed by atoms with Crippen LogP contribution in [-0.4, -0.2) is 24.0 Å². The van der Waals surface area contributed by atoms with E-state index in [0.717, 1.165) is 5.56 Å². The molecular formula is C24H21BFNO5. The zero-order valence-electron chi connectivity index (χ0n) is 17.4. The number of nitrogens with one attached hydrogen (secondary N) is 1. The van der Waals surface area contributed by atoms with Crippen molar-refractivity contribution in [3.63, 3.8) is 0 Å². The minimum atomic E-state index is -1.08. The van der Waals surface area contributed by atoms with Gasteiger partial charge in [0.15, 0.2) is 6.04 Å². The molecule has 3 aromatic carbocycles. The van der Waals surface area contributed by atoms with Crippen molar-refractivity contribution in [2.75, 3.05) is 0 Å². The number of hydrogen-bond donors (Lipinski definition) is 2. The number of hydrogen-bond acceptors (Lipinski definition) is 5. The average Bonchev–Trinajstić information content (AvgIpc) is 3.19. The quantitative estimate of drug-likeness (QED) is 0.461. The van der Waals surface area contributed by atoms with Crippen molar-refractivity contribution in [2.24, 2.45) is 0 Å². The van der Waals surface area contributed by atoms with Gasteiger partial charge in [0, 0.05) is 5.56 Å². The van der Waals surface area contributed by atoms with Crippen LogP contribution in [0.2, 0.25) is 0 Å². The van der Waals surface area contributed by atoms with Crippen LogP contribution in [0.4, 0.5) is 4.39 Å². The third kappa shape index (κ3) is 4.56. The summed E-state index contributed by atoms with van der Waals surface area (Å²) < 4.78 is 23.7. The van der Waals surface area contributed by atoms with Crippen molar-refractivity contribution < 1.29 is 28.4 Å². The molecule has 0 saturated heterocycles. The van der Waals surface area contributed by atoms with Gasteiger partial charge < -0.3 is 19.7 Å². The van der Waals surface area contributed by atoms with Gasteiger partial charge in [0.1, 0.15) is 12.4 Å². The van der Waals surface area contributed by atoms with Gasteiger partial charge in [-0.15, -0.1) is 0 Å². The predicted octanol–water partition coefficient (Wildman–Crippen LogP) is 2.57. The molecule has 0 radical (unpaired) electrons. The summed E-state index contributed by atoms with van der Waals surface area (Å²) in [5.41, 5.74) is 3.52. The zero-order valence-corrected chi connectivity index (χ0v) is 17.4. The van der Waals surface area contributed by atoms with Crippen molar-refractivity contribution in [3.05, 3.63) is 100 Å². The van der Waals surface area contributed by atoms with Gasteiger partial charge >= 0.3 is 13.1 Å². The Hall–Kier alpha value is -3.49. The van der Waals surface area contributed by atoms with Crippen LogP contribution in [0.1, 0.15) is 38.7 Å². The number of ether oxygens (including phenoxy) is 1. The maximum absolute atomic E-state index is 13.1. The Morgan fingerprint density at radius 2 is 1.84 bits per heavy atom. The first kappa shape index (κ1) is 21.7. The molecule has 0 saturated carbocycles. The Kier molecular flexibility index (Phi) is 6.34.